The highest BCUT2D eigenvalue weighted by atomic mass is 35.5. The van der Waals surface area contributed by atoms with Crippen LogP contribution in [-0.4, -0.2) is 44.1 Å². The number of rotatable bonds is 2. The van der Waals surface area contributed by atoms with Crippen molar-refractivity contribution in [2.45, 2.75) is 19.3 Å². The zero-order valence-corrected chi connectivity index (χ0v) is 13.5. The zero-order valence-electron chi connectivity index (χ0n) is 12.7. The number of ether oxygens (including phenoxy) is 1. The molecule has 4 nitrogen and oxygen atoms in total. The average Bonchev–Trinajstić information content (AvgIpc) is 2.91. The van der Waals surface area contributed by atoms with E-state index < -0.39 is 5.82 Å². The molecule has 2 aliphatic heterocycles. The van der Waals surface area contributed by atoms with E-state index in [2.05, 4.69) is 5.32 Å². The average molecular weight is 329 g/mol. The van der Waals surface area contributed by atoms with Crippen LogP contribution in [0.15, 0.2) is 18.2 Å². The van der Waals surface area contributed by atoms with E-state index >= 15 is 0 Å². The van der Waals surface area contributed by atoms with Crippen LogP contribution in [0, 0.1) is 11.2 Å². The molecule has 0 bridgehead atoms. The van der Waals surface area contributed by atoms with Crippen molar-refractivity contribution < 1.29 is 13.9 Å². The summed E-state index contributed by atoms with van der Waals surface area (Å²) in [5.74, 6) is -0.342. The Morgan fingerprint density at radius 2 is 2.05 bits per heavy atom. The number of piperidine rings is 1. The molecule has 1 aromatic rings. The van der Waals surface area contributed by atoms with Crippen molar-refractivity contribution in [3.8, 4) is 5.75 Å². The highest BCUT2D eigenvalue weighted by molar-refractivity contribution is 5.94. The highest BCUT2D eigenvalue weighted by Gasteiger charge is 2.40. The molecule has 2 fully saturated rings. The molecular formula is C16H22ClFN2O2. The van der Waals surface area contributed by atoms with E-state index in [0.29, 0.717) is 5.56 Å². The summed E-state index contributed by atoms with van der Waals surface area (Å²) in [7, 11) is 1.41. The van der Waals surface area contributed by atoms with Gasteiger partial charge in [0.2, 0.25) is 0 Å². The van der Waals surface area contributed by atoms with Gasteiger partial charge >= 0.3 is 0 Å². The molecule has 1 N–H and O–H groups in total. The first kappa shape index (κ1) is 17.0. The first-order chi connectivity index (χ1) is 10.1. The lowest BCUT2D eigenvalue weighted by molar-refractivity contribution is 0.0761. The number of methoxy groups -OCH3 is 1. The number of benzene rings is 1. The number of nitrogens with one attached hydrogen (secondary N) is 1. The van der Waals surface area contributed by atoms with Crippen molar-refractivity contribution in [1.29, 1.82) is 0 Å². The minimum absolute atomic E-state index is 0. The van der Waals surface area contributed by atoms with Gasteiger partial charge in [0.05, 0.1) is 7.11 Å². The van der Waals surface area contributed by atoms with Crippen molar-refractivity contribution in [3.05, 3.63) is 29.6 Å². The number of likely N-dealkylation sites (tertiary alicyclic amines) is 1. The molecule has 1 spiro atoms. The number of carbonyl (C=O) groups is 1. The summed E-state index contributed by atoms with van der Waals surface area (Å²) < 4.78 is 18.4. The standard InChI is InChI=1S/C16H21FN2O2.ClH/c1-21-14-10-12(2-3-13(14)17)15(20)19-9-6-16(11-19)4-7-18-8-5-16;/h2-3,10,18H,4-9,11H2,1H3;1H. The van der Waals surface area contributed by atoms with Crippen LogP contribution in [0.25, 0.3) is 0 Å². The number of halogens is 2. The lowest BCUT2D eigenvalue weighted by Gasteiger charge is -2.33. The second kappa shape index (κ2) is 6.84. The zero-order chi connectivity index (χ0) is 14.9. The highest BCUT2D eigenvalue weighted by Crippen LogP contribution is 2.39. The fraction of sp³-hybridized carbons (Fsp3) is 0.562. The summed E-state index contributed by atoms with van der Waals surface area (Å²) in [6, 6.07) is 4.32. The Bertz CT molecular complexity index is 547. The van der Waals surface area contributed by atoms with Crippen LogP contribution in [-0.2, 0) is 0 Å². The number of hydrogen-bond acceptors (Lipinski definition) is 3. The Morgan fingerprint density at radius 3 is 2.73 bits per heavy atom. The largest absolute Gasteiger partial charge is 0.494 e. The second-order valence-corrected chi connectivity index (χ2v) is 6.08. The van der Waals surface area contributed by atoms with Crippen LogP contribution in [0.3, 0.4) is 0 Å². The van der Waals surface area contributed by atoms with Crippen molar-refractivity contribution in [3.63, 3.8) is 0 Å². The molecule has 0 saturated carbocycles. The van der Waals surface area contributed by atoms with E-state index in [1.165, 1.54) is 25.3 Å². The molecule has 3 rings (SSSR count). The van der Waals surface area contributed by atoms with E-state index in [-0.39, 0.29) is 29.5 Å². The summed E-state index contributed by atoms with van der Waals surface area (Å²) in [5.41, 5.74) is 0.782. The summed E-state index contributed by atoms with van der Waals surface area (Å²) in [6.07, 6.45) is 3.33. The third-order valence-corrected chi connectivity index (χ3v) is 4.79. The van der Waals surface area contributed by atoms with E-state index in [0.717, 1.165) is 45.4 Å². The number of amides is 1. The predicted octanol–water partition coefficient (Wildman–Crippen LogP) is 2.47. The second-order valence-electron chi connectivity index (χ2n) is 6.08. The van der Waals surface area contributed by atoms with Gasteiger partial charge in [0.25, 0.3) is 5.91 Å². The third-order valence-electron chi connectivity index (χ3n) is 4.79. The van der Waals surface area contributed by atoms with Gasteiger partial charge in [-0.2, -0.15) is 0 Å². The smallest absolute Gasteiger partial charge is 0.254 e. The number of carbonyl (C=O) groups excluding carboxylic acids is 1. The van der Waals surface area contributed by atoms with Crippen molar-refractivity contribution in [2.75, 3.05) is 33.3 Å². The Morgan fingerprint density at radius 1 is 1.32 bits per heavy atom. The van der Waals surface area contributed by atoms with Gasteiger partial charge < -0.3 is 15.0 Å². The van der Waals surface area contributed by atoms with E-state index in [4.69, 9.17) is 4.74 Å². The molecule has 2 saturated heterocycles. The maximum atomic E-state index is 13.4. The fourth-order valence-corrected chi connectivity index (χ4v) is 3.45. The van der Waals surface area contributed by atoms with Crippen LogP contribution in [0.4, 0.5) is 4.39 Å². The van der Waals surface area contributed by atoms with Crippen LogP contribution < -0.4 is 10.1 Å². The van der Waals surface area contributed by atoms with E-state index in [1.54, 1.807) is 0 Å². The van der Waals surface area contributed by atoms with Gasteiger partial charge in [-0.3, -0.25) is 4.79 Å². The molecule has 122 valence electrons. The summed E-state index contributed by atoms with van der Waals surface area (Å²) in [6.45, 7) is 3.67. The molecular weight excluding hydrogens is 307 g/mol. The first-order valence-electron chi connectivity index (χ1n) is 7.47. The van der Waals surface area contributed by atoms with Crippen molar-refractivity contribution >= 4 is 18.3 Å². The Kier molecular flexibility index (Phi) is 5.29. The Balaban J connectivity index is 0.00000176. The molecule has 2 heterocycles. The van der Waals surface area contributed by atoms with E-state index in [9.17, 15) is 9.18 Å². The maximum absolute atomic E-state index is 13.4. The van der Waals surface area contributed by atoms with Gasteiger partial charge in [-0.15, -0.1) is 12.4 Å². The SMILES string of the molecule is COc1cc(C(=O)N2CCC3(CCNCC3)C2)ccc1F.Cl. The molecule has 0 radical (unpaired) electrons. The Labute approximate surface area is 136 Å². The molecule has 0 atom stereocenters. The lowest BCUT2D eigenvalue weighted by Crippen LogP contribution is -2.39. The molecule has 1 aromatic carbocycles. The van der Waals surface area contributed by atoms with Crippen molar-refractivity contribution in [2.24, 2.45) is 5.41 Å². The van der Waals surface area contributed by atoms with Crippen LogP contribution >= 0.6 is 12.4 Å². The maximum Gasteiger partial charge on any atom is 0.254 e. The molecule has 2 aliphatic rings. The number of hydrogen-bond donors (Lipinski definition) is 1. The minimum atomic E-state index is -0.440. The molecule has 1 amide bonds. The molecule has 0 aliphatic carbocycles. The monoisotopic (exact) mass is 328 g/mol. The fourth-order valence-electron chi connectivity index (χ4n) is 3.45. The quantitative estimate of drug-likeness (QED) is 0.907. The summed E-state index contributed by atoms with van der Waals surface area (Å²) in [5, 5.41) is 3.37. The molecule has 22 heavy (non-hydrogen) atoms. The summed E-state index contributed by atoms with van der Waals surface area (Å²) in [4.78, 5) is 14.5. The van der Waals surface area contributed by atoms with Crippen LogP contribution in [0.1, 0.15) is 29.6 Å². The molecule has 6 heteroatoms. The van der Waals surface area contributed by atoms with Gasteiger partial charge in [-0.25, -0.2) is 4.39 Å². The van der Waals surface area contributed by atoms with Gasteiger partial charge in [0.15, 0.2) is 11.6 Å². The van der Waals surface area contributed by atoms with Crippen LogP contribution in [0.5, 0.6) is 5.75 Å². The minimum Gasteiger partial charge on any atom is -0.494 e. The molecule has 0 aromatic heterocycles. The third kappa shape index (κ3) is 3.20. The lowest BCUT2D eigenvalue weighted by atomic mass is 9.78. The Hall–Kier alpha value is -1.33. The number of nitrogens with zero attached hydrogens (tertiary/aromatic N) is 1. The van der Waals surface area contributed by atoms with E-state index in [1.807, 2.05) is 4.90 Å². The predicted molar refractivity (Wildman–Crippen MR) is 85.3 cm³/mol. The summed E-state index contributed by atoms with van der Waals surface area (Å²) >= 11 is 0. The van der Waals surface area contributed by atoms with Gasteiger partial charge in [0, 0.05) is 18.7 Å². The first-order valence-corrected chi connectivity index (χ1v) is 7.47. The van der Waals surface area contributed by atoms with Crippen LogP contribution in [0.2, 0.25) is 0 Å². The van der Waals surface area contributed by atoms with Gasteiger partial charge in [-0.05, 0) is 56.0 Å². The molecule has 0 unspecified atom stereocenters. The van der Waals surface area contributed by atoms with Gasteiger partial charge in [0.1, 0.15) is 0 Å². The van der Waals surface area contributed by atoms with Crippen molar-refractivity contribution in [1.82, 2.24) is 10.2 Å². The topological polar surface area (TPSA) is 41.6 Å². The normalized spacial score (nSPS) is 19.8. The van der Waals surface area contributed by atoms with Gasteiger partial charge in [-0.1, -0.05) is 0 Å².